The number of carboxylic acid groups (broad SMARTS) is 1. The zero-order valence-electron chi connectivity index (χ0n) is 12.1. The van der Waals surface area contributed by atoms with Gasteiger partial charge < -0.3 is 15.2 Å². The summed E-state index contributed by atoms with van der Waals surface area (Å²) < 4.78 is 5.06. The fourth-order valence-electron chi connectivity index (χ4n) is 1.81. The number of benzene rings is 1. The number of nitrogens with one attached hydrogen (secondary N) is 1. The summed E-state index contributed by atoms with van der Waals surface area (Å²) in [6, 6.07) is 6.62. The van der Waals surface area contributed by atoms with E-state index in [1.807, 2.05) is 24.3 Å². The maximum atomic E-state index is 11.8. The number of aliphatic carboxylic acids is 1. The van der Waals surface area contributed by atoms with Crippen LogP contribution in [0.15, 0.2) is 24.3 Å². The Hall–Kier alpha value is -2.04. The van der Waals surface area contributed by atoms with Crippen LogP contribution in [0.4, 0.5) is 0 Å². The lowest BCUT2D eigenvalue weighted by Crippen LogP contribution is -2.44. The zero-order valence-corrected chi connectivity index (χ0v) is 12.1. The van der Waals surface area contributed by atoms with Gasteiger partial charge in [0.25, 0.3) is 0 Å². The third kappa shape index (κ3) is 4.91. The lowest BCUT2D eigenvalue weighted by molar-refractivity contribution is -0.143. The summed E-state index contributed by atoms with van der Waals surface area (Å²) in [7, 11) is 1.60. The summed E-state index contributed by atoms with van der Waals surface area (Å²) in [6.45, 7) is 3.53. The molecule has 1 aromatic rings. The van der Waals surface area contributed by atoms with Crippen molar-refractivity contribution in [1.82, 2.24) is 5.32 Å². The minimum Gasteiger partial charge on any atom is -0.497 e. The van der Waals surface area contributed by atoms with E-state index < -0.39 is 12.0 Å². The number of carbonyl (C=O) groups excluding carboxylic acids is 1. The topological polar surface area (TPSA) is 75.6 Å². The summed E-state index contributed by atoms with van der Waals surface area (Å²) in [5.41, 5.74) is 1.01. The lowest BCUT2D eigenvalue weighted by atomic mass is 10.0. The van der Waals surface area contributed by atoms with Crippen molar-refractivity contribution in [3.63, 3.8) is 0 Å². The predicted molar refractivity (Wildman–Crippen MR) is 75.7 cm³/mol. The summed E-state index contributed by atoms with van der Waals surface area (Å²) in [5.74, 6) is -0.624. The number of amides is 1. The predicted octanol–water partition coefficient (Wildman–Crippen LogP) is 1.85. The van der Waals surface area contributed by atoms with Crippen LogP contribution in [0.5, 0.6) is 5.75 Å². The molecule has 0 aliphatic heterocycles. The monoisotopic (exact) mass is 279 g/mol. The quantitative estimate of drug-likeness (QED) is 0.798. The first-order valence-electron chi connectivity index (χ1n) is 6.59. The van der Waals surface area contributed by atoms with E-state index >= 15 is 0 Å². The smallest absolute Gasteiger partial charge is 0.326 e. The molecule has 1 atom stereocenters. The third-order valence-electron chi connectivity index (χ3n) is 3.05. The Morgan fingerprint density at radius 1 is 1.25 bits per heavy atom. The van der Waals surface area contributed by atoms with Crippen LogP contribution in [0.1, 0.15) is 25.8 Å². The van der Waals surface area contributed by atoms with Gasteiger partial charge in [-0.3, -0.25) is 4.79 Å². The van der Waals surface area contributed by atoms with Crippen LogP contribution in [0.3, 0.4) is 0 Å². The van der Waals surface area contributed by atoms with Crippen LogP contribution in [-0.2, 0) is 16.0 Å². The number of hydrogen-bond donors (Lipinski definition) is 2. The van der Waals surface area contributed by atoms with Gasteiger partial charge in [0.2, 0.25) is 5.91 Å². The Morgan fingerprint density at radius 3 is 2.30 bits per heavy atom. The molecule has 110 valence electrons. The molecule has 5 nitrogen and oxygen atoms in total. The first-order valence-corrected chi connectivity index (χ1v) is 6.59. The van der Waals surface area contributed by atoms with Gasteiger partial charge in [-0.1, -0.05) is 26.0 Å². The fraction of sp³-hybridized carbons (Fsp3) is 0.467. The molecule has 0 fully saturated rings. The highest BCUT2D eigenvalue weighted by molar-refractivity contribution is 5.83. The second kappa shape index (κ2) is 7.53. The maximum absolute atomic E-state index is 11.8. The Bertz CT molecular complexity index is 453. The van der Waals surface area contributed by atoms with Gasteiger partial charge in [0, 0.05) is 6.42 Å². The number of methoxy groups -OCH3 is 1. The number of hydrogen-bond acceptors (Lipinski definition) is 3. The van der Waals surface area contributed by atoms with Crippen molar-refractivity contribution in [2.24, 2.45) is 5.92 Å². The standard InChI is InChI=1S/C15H21NO4/c1-10(2)14(15(18)19)16-13(17)9-6-11-4-7-12(20-3)8-5-11/h4-5,7-8,10,14H,6,9H2,1-3H3,(H,16,17)(H,18,19). The molecule has 0 heterocycles. The molecular weight excluding hydrogens is 258 g/mol. The van der Waals surface area contributed by atoms with E-state index in [1.165, 1.54) is 0 Å². The van der Waals surface area contributed by atoms with E-state index in [2.05, 4.69) is 5.32 Å². The molecule has 1 unspecified atom stereocenters. The maximum Gasteiger partial charge on any atom is 0.326 e. The minimum atomic E-state index is -1.00. The summed E-state index contributed by atoms with van der Waals surface area (Å²) >= 11 is 0. The van der Waals surface area contributed by atoms with Crippen molar-refractivity contribution >= 4 is 11.9 Å². The largest absolute Gasteiger partial charge is 0.497 e. The fourth-order valence-corrected chi connectivity index (χ4v) is 1.81. The molecule has 0 saturated carbocycles. The van der Waals surface area contributed by atoms with E-state index in [-0.39, 0.29) is 18.2 Å². The van der Waals surface area contributed by atoms with Gasteiger partial charge in [-0.15, -0.1) is 0 Å². The Kier molecular flexibility index (Phi) is 6.03. The minimum absolute atomic E-state index is 0.141. The number of aryl methyl sites for hydroxylation is 1. The molecule has 20 heavy (non-hydrogen) atoms. The summed E-state index contributed by atoms with van der Waals surface area (Å²) in [6.07, 6.45) is 0.836. The van der Waals surface area contributed by atoms with E-state index in [0.29, 0.717) is 6.42 Å². The van der Waals surface area contributed by atoms with Gasteiger partial charge >= 0.3 is 5.97 Å². The molecule has 0 saturated heterocycles. The molecule has 0 radical (unpaired) electrons. The highest BCUT2D eigenvalue weighted by Gasteiger charge is 2.22. The zero-order chi connectivity index (χ0) is 15.1. The number of rotatable bonds is 7. The van der Waals surface area contributed by atoms with Crippen molar-refractivity contribution in [2.75, 3.05) is 7.11 Å². The molecule has 1 aromatic carbocycles. The van der Waals surface area contributed by atoms with E-state index in [9.17, 15) is 9.59 Å². The van der Waals surface area contributed by atoms with Crippen molar-refractivity contribution in [1.29, 1.82) is 0 Å². The van der Waals surface area contributed by atoms with Crippen LogP contribution < -0.4 is 10.1 Å². The van der Waals surface area contributed by atoms with Crippen LogP contribution in [-0.4, -0.2) is 30.1 Å². The molecule has 1 rings (SSSR count). The summed E-state index contributed by atoms with van der Waals surface area (Å²) in [4.78, 5) is 22.8. The highest BCUT2D eigenvalue weighted by atomic mass is 16.5. The Labute approximate surface area is 118 Å². The van der Waals surface area contributed by atoms with Gasteiger partial charge in [0.15, 0.2) is 0 Å². The number of carboxylic acids is 1. The van der Waals surface area contributed by atoms with Gasteiger partial charge in [-0.05, 0) is 30.0 Å². The van der Waals surface area contributed by atoms with Crippen LogP contribution in [0, 0.1) is 5.92 Å². The first kappa shape index (κ1) is 16.0. The average molecular weight is 279 g/mol. The third-order valence-corrected chi connectivity index (χ3v) is 3.05. The molecule has 2 N–H and O–H groups in total. The highest BCUT2D eigenvalue weighted by Crippen LogP contribution is 2.12. The Balaban J connectivity index is 2.47. The van der Waals surface area contributed by atoms with Crippen molar-refractivity contribution in [2.45, 2.75) is 32.7 Å². The molecule has 1 amide bonds. The first-order chi connectivity index (χ1) is 9.43. The molecule has 0 bridgehead atoms. The number of carbonyl (C=O) groups is 2. The number of ether oxygens (including phenoxy) is 1. The van der Waals surface area contributed by atoms with Crippen molar-refractivity contribution in [3.05, 3.63) is 29.8 Å². The average Bonchev–Trinajstić information content (AvgIpc) is 2.42. The van der Waals surface area contributed by atoms with Crippen LogP contribution >= 0.6 is 0 Å². The lowest BCUT2D eigenvalue weighted by Gasteiger charge is -2.17. The van der Waals surface area contributed by atoms with Crippen LogP contribution in [0.25, 0.3) is 0 Å². The SMILES string of the molecule is COc1ccc(CCC(=O)NC(C(=O)O)C(C)C)cc1. The Morgan fingerprint density at radius 2 is 1.85 bits per heavy atom. The normalized spacial score (nSPS) is 12.0. The molecule has 5 heteroatoms. The summed E-state index contributed by atoms with van der Waals surface area (Å²) in [5, 5.41) is 11.6. The van der Waals surface area contributed by atoms with Crippen molar-refractivity contribution in [3.8, 4) is 5.75 Å². The molecular formula is C15H21NO4. The van der Waals surface area contributed by atoms with Crippen molar-refractivity contribution < 1.29 is 19.4 Å². The van der Waals surface area contributed by atoms with Gasteiger partial charge in [-0.25, -0.2) is 4.79 Å². The van der Waals surface area contributed by atoms with Gasteiger partial charge in [0.05, 0.1) is 7.11 Å². The second-order valence-corrected chi connectivity index (χ2v) is 4.98. The van der Waals surface area contributed by atoms with E-state index in [0.717, 1.165) is 11.3 Å². The van der Waals surface area contributed by atoms with Gasteiger partial charge in [0.1, 0.15) is 11.8 Å². The van der Waals surface area contributed by atoms with Gasteiger partial charge in [-0.2, -0.15) is 0 Å². The van der Waals surface area contributed by atoms with E-state index in [4.69, 9.17) is 9.84 Å². The molecule has 0 aliphatic carbocycles. The second-order valence-electron chi connectivity index (χ2n) is 4.98. The molecule has 0 spiro atoms. The van der Waals surface area contributed by atoms with E-state index in [1.54, 1.807) is 21.0 Å². The van der Waals surface area contributed by atoms with Crippen LogP contribution in [0.2, 0.25) is 0 Å². The molecule has 0 aliphatic rings. The molecule has 0 aromatic heterocycles.